The van der Waals surface area contributed by atoms with Gasteiger partial charge in [0.2, 0.25) is 0 Å². The molecule has 1 aromatic carbocycles. The summed E-state index contributed by atoms with van der Waals surface area (Å²) in [5.41, 5.74) is 0.569. The van der Waals surface area contributed by atoms with Crippen LogP contribution < -0.4 is 5.69 Å². The van der Waals surface area contributed by atoms with E-state index in [1.165, 1.54) is 16.8 Å². The molecular weight excluding hydrogens is 529 g/mol. The summed E-state index contributed by atoms with van der Waals surface area (Å²) in [6.07, 6.45) is 5.46. The number of halogens is 3. The van der Waals surface area contributed by atoms with Crippen LogP contribution >= 0.6 is 0 Å². The molecule has 1 aliphatic carbocycles. The molecule has 218 valence electrons. The van der Waals surface area contributed by atoms with Gasteiger partial charge in [-0.25, -0.2) is 4.79 Å². The van der Waals surface area contributed by atoms with Gasteiger partial charge in [-0.1, -0.05) is 32.4 Å². The minimum absolute atomic E-state index is 0.0118. The molecule has 0 spiro atoms. The quantitative estimate of drug-likeness (QED) is 0.274. The van der Waals surface area contributed by atoms with Crippen molar-refractivity contribution in [3.8, 4) is 5.69 Å². The Morgan fingerprint density at radius 1 is 1.15 bits per heavy atom. The van der Waals surface area contributed by atoms with Crippen molar-refractivity contribution in [2.45, 2.75) is 64.6 Å². The molecule has 0 radical (unpaired) electrons. The Morgan fingerprint density at radius 2 is 1.95 bits per heavy atom. The molecule has 7 nitrogen and oxygen atoms in total. The zero-order chi connectivity index (χ0) is 28.9. The van der Waals surface area contributed by atoms with E-state index in [1.54, 1.807) is 18.6 Å². The summed E-state index contributed by atoms with van der Waals surface area (Å²) in [5, 5.41) is 8.52. The van der Waals surface area contributed by atoms with Gasteiger partial charge >= 0.3 is 11.9 Å². The normalized spacial score (nSPS) is 22.6. The van der Waals surface area contributed by atoms with Gasteiger partial charge in [-0.05, 0) is 79.3 Å². The Morgan fingerprint density at radius 3 is 2.63 bits per heavy atom. The monoisotopic (exact) mass is 566 g/mol. The highest BCUT2D eigenvalue weighted by molar-refractivity contribution is 5.58. The van der Waals surface area contributed by atoms with Crippen molar-refractivity contribution in [3.63, 3.8) is 0 Å². The van der Waals surface area contributed by atoms with Crippen LogP contribution in [0.1, 0.15) is 74.4 Å². The highest BCUT2D eigenvalue weighted by atomic mass is 19.4. The van der Waals surface area contributed by atoms with E-state index in [-0.39, 0.29) is 11.4 Å². The number of pyridine rings is 1. The van der Waals surface area contributed by atoms with E-state index in [2.05, 4.69) is 28.9 Å². The van der Waals surface area contributed by atoms with Crippen molar-refractivity contribution < 1.29 is 13.2 Å². The first kappa shape index (κ1) is 27.8. The Balaban J connectivity index is 1.41. The molecule has 0 amide bonds. The maximum Gasteiger partial charge on any atom is 0.418 e. The molecule has 0 bridgehead atoms. The van der Waals surface area contributed by atoms with Crippen molar-refractivity contribution >= 4 is 5.52 Å². The molecule has 1 saturated heterocycles. The van der Waals surface area contributed by atoms with Crippen molar-refractivity contribution in [2.24, 2.45) is 24.8 Å². The van der Waals surface area contributed by atoms with Crippen LogP contribution in [0.15, 0.2) is 53.8 Å². The number of benzene rings is 1. The molecule has 0 N–H and O–H groups in total. The largest absolute Gasteiger partial charge is 0.418 e. The smallest absolute Gasteiger partial charge is 0.320 e. The second kappa shape index (κ2) is 10.8. The van der Waals surface area contributed by atoms with Crippen LogP contribution in [-0.4, -0.2) is 41.7 Å². The maximum atomic E-state index is 14.3. The van der Waals surface area contributed by atoms with Crippen molar-refractivity contribution in [1.82, 2.24) is 28.6 Å². The molecule has 4 heterocycles. The third-order valence-electron chi connectivity index (χ3n) is 9.13. The predicted octanol–water partition coefficient (Wildman–Crippen LogP) is 6.04. The van der Waals surface area contributed by atoms with Gasteiger partial charge in [-0.3, -0.25) is 13.9 Å². The number of alkyl halides is 3. The summed E-state index contributed by atoms with van der Waals surface area (Å²) in [5.74, 6) is 2.42. The molecule has 2 aliphatic rings. The molecule has 6 rings (SSSR count). The lowest BCUT2D eigenvalue weighted by Crippen LogP contribution is -2.34. The predicted molar refractivity (Wildman–Crippen MR) is 151 cm³/mol. The Hall–Kier alpha value is -3.40. The van der Waals surface area contributed by atoms with Gasteiger partial charge in [-0.2, -0.15) is 13.2 Å². The average Bonchev–Trinajstić information content (AvgIpc) is 3.47. The van der Waals surface area contributed by atoms with E-state index in [0.717, 1.165) is 61.0 Å². The molecule has 1 aliphatic heterocycles. The first-order valence-corrected chi connectivity index (χ1v) is 14.6. The number of nitrogens with zero attached hydrogens (tertiary/aromatic N) is 6. The lowest BCUT2D eigenvalue weighted by Gasteiger charge is -2.40. The van der Waals surface area contributed by atoms with E-state index in [9.17, 15) is 18.0 Å². The van der Waals surface area contributed by atoms with Crippen molar-refractivity contribution in [2.75, 3.05) is 13.1 Å². The molecule has 4 aromatic rings. The Bertz CT molecular complexity index is 1600. The number of rotatable bonds is 7. The average molecular weight is 567 g/mol. The standard InChI is InChI=1S/C31H37F3N6O/c1-4-21-11-24(12-21)28(29-36-35-19-37(29)3)23-8-5-9-25(14-23)39-18-27-26(31(32,33)34)13-22(17-40(27)30(39)41)16-38-10-6-7-20(2)15-38/h5,8-9,13-14,17-21,24,28H,4,6-7,10-12,15-16H2,1-3H3/t20-,21?,24?,28?/m0/s1. The summed E-state index contributed by atoms with van der Waals surface area (Å²) >= 11 is 0. The maximum absolute atomic E-state index is 14.3. The highest BCUT2D eigenvalue weighted by Gasteiger charge is 2.38. The Kier molecular flexibility index (Phi) is 7.30. The number of fused-ring (bicyclic) bond motifs is 1. The lowest BCUT2D eigenvalue weighted by molar-refractivity contribution is -0.136. The van der Waals surface area contributed by atoms with Gasteiger partial charge < -0.3 is 4.57 Å². The van der Waals surface area contributed by atoms with Crippen molar-refractivity contribution in [3.05, 3.63) is 82.1 Å². The second-order valence-corrected chi connectivity index (χ2v) is 12.2. The van der Waals surface area contributed by atoms with Crippen molar-refractivity contribution in [1.29, 1.82) is 0 Å². The van der Waals surface area contributed by atoms with Gasteiger partial charge in [0.25, 0.3) is 0 Å². The number of aryl methyl sites for hydroxylation is 1. The van der Waals surface area contributed by atoms with E-state index in [1.807, 2.05) is 29.8 Å². The van der Waals surface area contributed by atoms with Gasteiger partial charge in [0.05, 0.1) is 16.8 Å². The molecule has 3 aromatic heterocycles. The fourth-order valence-corrected chi connectivity index (χ4v) is 6.90. The molecule has 1 saturated carbocycles. The van der Waals surface area contributed by atoms with Gasteiger partial charge in [-0.15, -0.1) is 10.2 Å². The summed E-state index contributed by atoms with van der Waals surface area (Å²) in [6.45, 7) is 6.44. The zero-order valence-corrected chi connectivity index (χ0v) is 23.8. The first-order valence-electron chi connectivity index (χ1n) is 14.6. The second-order valence-electron chi connectivity index (χ2n) is 12.2. The minimum Gasteiger partial charge on any atom is -0.320 e. The SMILES string of the molecule is CCC1CC(C(c2cccc(-n3cc4c(C(F)(F)F)cc(CN5CCC[C@H](C)C5)cn4c3=O)c2)c2nncn2C)C1. The number of piperidine rings is 1. The molecule has 10 heteroatoms. The number of hydrogen-bond acceptors (Lipinski definition) is 4. The van der Waals surface area contributed by atoms with E-state index in [0.29, 0.717) is 35.5 Å². The third-order valence-corrected chi connectivity index (χ3v) is 9.13. The highest BCUT2D eigenvalue weighted by Crippen LogP contribution is 2.47. The molecule has 2 atom stereocenters. The van der Waals surface area contributed by atoms with Crippen LogP contribution in [0.5, 0.6) is 0 Å². The van der Waals surface area contributed by atoms with Gasteiger partial charge in [0, 0.05) is 38.4 Å². The van der Waals surface area contributed by atoms with Crippen LogP contribution in [0.2, 0.25) is 0 Å². The van der Waals surface area contributed by atoms with Crippen LogP contribution in [0.3, 0.4) is 0 Å². The number of hydrogen-bond donors (Lipinski definition) is 0. The van der Waals surface area contributed by atoms with E-state index < -0.39 is 17.4 Å². The first-order chi connectivity index (χ1) is 19.6. The Labute approximate surface area is 237 Å². The van der Waals surface area contributed by atoms with Crippen LogP contribution in [0.4, 0.5) is 13.2 Å². The van der Waals surface area contributed by atoms with E-state index in [4.69, 9.17) is 0 Å². The number of likely N-dealkylation sites (tertiary alicyclic amines) is 1. The van der Waals surface area contributed by atoms with E-state index >= 15 is 0 Å². The fourth-order valence-electron chi connectivity index (χ4n) is 6.90. The molecule has 1 unspecified atom stereocenters. The third kappa shape index (κ3) is 5.34. The number of aromatic nitrogens is 5. The molecule has 2 fully saturated rings. The fraction of sp³-hybridized carbons (Fsp3) is 0.516. The summed E-state index contributed by atoms with van der Waals surface area (Å²) in [4.78, 5) is 15.8. The summed E-state index contributed by atoms with van der Waals surface area (Å²) in [6, 6.07) is 8.79. The van der Waals surface area contributed by atoms with Crippen LogP contribution in [0.25, 0.3) is 11.2 Å². The van der Waals surface area contributed by atoms with Crippen LogP contribution in [0, 0.1) is 17.8 Å². The molecule has 41 heavy (non-hydrogen) atoms. The summed E-state index contributed by atoms with van der Waals surface area (Å²) in [7, 11) is 1.92. The topological polar surface area (TPSA) is 60.4 Å². The lowest BCUT2D eigenvalue weighted by atomic mass is 9.65. The van der Waals surface area contributed by atoms with Crippen LogP contribution in [-0.2, 0) is 19.8 Å². The van der Waals surface area contributed by atoms with Gasteiger partial charge in [0.15, 0.2) is 0 Å². The number of imidazole rings is 1. The minimum atomic E-state index is -4.59. The molecular formula is C31H37F3N6O. The summed E-state index contributed by atoms with van der Waals surface area (Å²) < 4.78 is 47.3. The van der Waals surface area contributed by atoms with Gasteiger partial charge in [0.1, 0.15) is 12.2 Å². The zero-order valence-electron chi connectivity index (χ0n) is 23.8.